The van der Waals surface area contributed by atoms with Gasteiger partial charge in [0.1, 0.15) is 17.9 Å². The highest BCUT2D eigenvalue weighted by Gasteiger charge is 2.22. The lowest BCUT2D eigenvalue weighted by Crippen LogP contribution is -2.12. The van der Waals surface area contributed by atoms with Crippen LogP contribution in [-0.2, 0) is 13.0 Å². The van der Waals surface area contributed by atoms with Crippen molar-refractivity contribution >= 4 is 18.4 Å². The number of halogens is 1. The summed E-state index contributed by atoms with van der Waals surface area (Å²) in [5.74, 6) is -0.0897. The van der Waals surface area contributed by atoms with Gasteiger partial charge in [-0.2, -0.15) is 5.21 Å². The van der Waals surface area contributed by atoms with E-state index < -0.39 is 5.97 Å². The van der Waals surface area contributed by atoms with Gasteiger partial charge in [-0.25, -0.2) is 4.79 Å². The average Bonchev–Trinajstić information content (AvgIpc) is 3.35. The van der Waals surface area contributed by atoms with Crippen LogP contribution in [0.1, 0.15) is 46.2 Å². The first-order valence-corrected chi connectivity index (χ1v) is 10.8. The number of aryl methyl sites for hydroxylation is 2. The third kappa shape index (κ3) is 5.07. The quantitative estimate of drug-likeness (QED) is 0.357. The molecule has 0 amide bonds. The summed E-state index contributed by atoms with van der Waals surface area (Å²) in [7, 11) is 0. The smallest absolute Gasteiger partial charge is 0.341 e. The van der Waals surface area contributed by atoms with Crippen LogP contribution in [0.15, 0.2) is 48.5 Å². The minimum atomic E-state index is -1.02. The molecule has 0 saturated heterocycles. The number of H-pyrrole nitrogens is 1. The normalized spacial score (nSPS) is 10.6. The van der Waals surface area contributed by atoms with Gasteiger partial charge in [0, 0.05) is 16.8 Å². The molecule has 8 nitrogen and oxygen atoms in total. The third-order valence-corrected chi connectivity index (χ3v) is 5.56. The molecule has 9 heteroatoms. The fraction of sp³-hybridized carbons (Fsp3) is 0.240. The number of carboxylic acids is 1. The Balaban J connectivity index is 0.00000324. The number of ether oxygens (including phenoxy) is 1. The Morgan fingerprint density at radius 3 is 2.38 bits per heavy atom. The van der Waals surface area contributed by atoms with Crippen molar-refractivity contribution < 1.29 is 14.6 Å². The summed E-state index contributed by atoms with van der Waals surface area (Å²) in [4.78, 5) is 16.5. The van der Waals surface area contributed by atoms with Crippen LogP contribution in [0.2, 0.25) is 0 Å². The van der Waals surface area contributed by atoms with E-state index in [4.69, 9.17) is 4.74 Å². The highest BCUT2D eigenvalue weighted by molar-refractivity contribution is 5.93. The van der Waals surface area contributed by atoms with Gasteiger partial charge in [-0.05, 0) is 42.2 Å². The number of carbonyl (C=O) groups is 1. The van der Waals surface area contributed by atoms with Crippen LogP contribution >= 0.6 is 12.4 Å². The molecule has 2 aromatic carbocycles. The van der Waals surface area contributed by atoms with E-state index in [1.165, 1.54) is 0 Å². The average molecular weight is 480 g/mol. The lowest BCUT2D eigenvalue weighted by atomic mass is 9.98. The molecular formula is C25H26ClN5O3. The topological polar surface area (TPSA) is 114 Å². The molecule has 0 spiro atoms. The van der Waals surface area contributed by atoms with Crippen LogP contribution in [0.5, 0.6) is 5.75 Å². The van der Waals surface area contributed by atoms with E-state index in [0.29, 0.717) is 23.7 Å². The minimum absolute atomic E-state index is 0. The summed E-state index contributed by atoms with van der Waals surface area (Å²) in [6, 6.07) is 15.8. The van der Waals surface area contributed by atoms with E-state index in [0.717, 1.165) is 39.9 Å². The number of aromatic carboxylic acids is 1. The number of aromatic amines is 1. The maximum Gasteiger partial charge on any atom is 0.341 e. The fourth-order valence-electron chi connectivity index (χ4n) is 3.79. The SMILES string of the molecule is CCCc1nc(C)c(C)c(OCc2ccc(-c3ccccc3-c3nn[nH]n3)cc2)c1C(=O)O.Cl. The fourth-order valence-corrected chi connectivity index (χ4v) is 3.79. The van der Waals surface area contributed by atoms with E-state index in [1.54, 1.807) is 0 Å². The zero-order valence-corrected chi connectivity index (χ0v) is 20.0. The molecule has 2 heterocycles. The summed E-state index contributed by atoms with van der Waals surface area (Å²) in [5.41, 5.74) is 6.06. The largest absolute Gasteiger partial charge is 0.488 e. The van der Waals surface area contributed by atoms with Gasteiger partial charge in [0.25, 0.3) is 0 Å². The standard InChI is InChI=1S/C25H25N5O3.ClH/c1-4-7-21-22(25(31)32)23(15(2)16(3)26-21)33-14-17-10-12-18(13-11-17)19-8-5-6-9-20(19)24-27-29-30-28-24;/h5-6,8-13H,4,7,14H2,1-3H3,(H,31,32)(H,27,28,29,30);1H. The lowest BCUT2D eigenvalue weighted by molar-refractivity contribution is 0.0689. The van der Waals surface area contributed by atoms with Crippen molar-refractivity contribution in [3.8, 4) is 28.3 Å². The third-order valence-electron chi connectivity index (χ3n) is 5.56. The molecule has 0 aliphatic carbocycles. The molecule has 4 rings (SSSR count). The second-order valence-corrected chi connectivity index (χ2v) is 7.79. The number of aromatic nitrogens is 5. The Hall–Kier alpha value is -3.78. The molecule has 0 atom stereocenters. The molecule has 0 aliphatic heterocycles. The van der Waals surface area contributed by atoms with Crippen LogP contribution in [0.4, 0.5) is 0 Å². The number of pyridine rings is 1. The van der Waals surface area contributed by atoms with E-state index in [-0.39, 0.29) is 24.6 Å². The van der Waals surface area contributed by atoms with Gasteiger partial charge >= 0.3 is 5.97 Å². The van der Waals surface area contributed by atoms with Gasteiger partial charge in [-0.1, -0.05) is 61.9 Å². The predicted octanol–water partition coefficient (Wildman–Crippen LogP) is 5.20. The Bertz CT molecular complexity index is 1270. The molecule has 34 heavy (non-hydrogen) atoms. The maximum atomic E-state index is 12.0. The molecule has 0 aliphatic rings. The molecule has 2 N–H and O–H groups in total. The van der Waals surface area contributed by atoms with E-state index in [1.807, 2.05) is 69.3 Å². The monoisotopic (exact) mass is 479 g/mol. The highest BCUT2D eigenvalue weighted by atomic mass is 35.5. The number of nitrogens with one attached hydrogen (secondary N) is 1. The van der Waals surface area contributed by atoms with E-state index >= 15 is 0 Å². The molecule has 0 unspecified atom stereocenters. The zero-order valence-electron chi connectivity index (χ0n) is 19.2. The Labute approximate surface area is 203 Å². The van der Waals surface area contributed by atoms with Gasteiger partial charge < -0.3 is 9.84 Å². The van der Waals surface area contributed by atoms with Crippen molar-refractivity contribution in [2.45, 2.75) is 40.2 Å². The molecule has 0 fully saturated rings. The molecule has 0 radical (unpaired) electrons. The number of hydrogen-bond donors (Lipinski definition) is 2. The summed E-state index contributed by atoms with van der Waals surface area (Å²) in [6.07, 6.45) is 1.40. The molecule has 176 valence electrons. The Morgan fingerprint density at radius 2 is 1.76 bits per heavy atom. The minimum Gasteiger partial charge on any atom is -0.488 e. The number of tetrazole rings is 1. The number of nitrogens with zero attached hydrogens (tertiary/aromatic N) is 4. The Kier molecular flexibility index (Phi) is 7.96. The number of benzene rings is 2. The van der Waals surface area contributed by atoms with Crippen molar-refractivity contribution in [1.29, 1.82) is 0 Å². The van der Waals surface area contributed by atoms with Crippen molar-refractivity contribution in [2.75, 3.05) is 0 Å². The summed E-state index contributed by atoms with van der Waals surface area (Å²) in [5, 5.41) is 24.1. The van der Waals surface area contributed by atoms with Crippen molar-refractivity contribution in [3.63, 3.8) is 0 Å². The van der Waals surface area contributed by atoms with Crippen molar-refractivity contribution in [1.82, 2.24) is 25.6 Å². The maximum absolute atomic E-state index is 12.0. The van der Waals surface area contributed by atoms with E-state index in [9.17, 15) is 9.90 Å². The zero-order chi connectivity index (χ0) is 23.4. The highest BCUT2D eigenvalue weighted by Crippen LogP contribution is 2.31. The molecule has 4 aromatic rings. The number of hydrogen-bond acceptors (Lipinski definition) is 6. The van der Waals surface area contributed by atoms with Gasteiger partial charge in [-0.15, -0.1) is 22.6 Å². The molecule has 0 bridgehead atoms. The number of carboxylic acid groups (broad SMARTS) is 1. The van der Waals surface area contributed by atoms with Crippen LogP contribution in [-0.4, -0.2) is 36.7 Å². The first-order valence-electron chi connectivity index (χ1n) is 10.8. The number of rotatable bonds is 8. The van der Waals surface area contributed by atoms with Crippen LogP contribution in [0, 0.1) is 13.8 Å². The van der Waals surface area contributed by atoms with E-state index in [2.05, 4.69) is 25.6 Å². The van der Waals surface area contributed by atoms with Gasteiger partial charge in [0.15, 0.2) is 0 Å². The Morgan fingerprint density at radius 1 is 1.06 bits per heavy atom. The predicted molar refractivity (Wildman–Crippen MR) is 131 cm³/mol. The molecular weight excluding hydrogens is 454 g/mol. The molecule has 0 saturated carbocycles. The summed E-state index contributed by atoms with van der Waals surface area (Å²) >= 11 is 0. The van der Waals surface area contributed by atoms with Crippen molar-refractivity contribution in [3.05, 3.63) is 76.6 Å². The summed E-state index contributed by atoms with van der Waals surface area (Å²) < 4.78 is 6.06. The molecule has 2 aromatic heterocycles. The first kappa shape index (κ1) is 24.9. The van der Waals surface area contributed by atoms with Crippen LogP contribution in [0.3, 0.4) is 0 Å². The van der Waals surface area contributed by atoms with Gasteiger partial charge in [-0.3, -0.25) is 4.98 Å². The second-order valence-electron chi connectivity index (χ2n) is 7.79. The second kappa shape index (κ2) is 10.9. The summed E-state index contributed by atoms with van der Waals surface area (Å²) in [6.45, 7) is 5.98. The first-order chi connectivity index (χ1) is 16.0. The lowest BCUT2D eigenvalue weighted by Gasteiger charge is -2.17. The van der Waals surface area contributed by atoms with Gasteiger partial charge in [0.05, 0.1) is 5.69 Å². The van der Waals surface area contributed by atoms with Crippen LogP contribution < -0.4 is 4.74 Å². The van der Waals surface area contributed by atoms with Crippen molar-refractivity contribution in [2.24, 2.45) is 0 Å². The van der Waals surface area contributed by atoms with Gasteiger partial charge in [0.2, 0.25) is 5.82 Å². The van der Waals surface area contributed by atoms with Crippen LogP contribution in [0.25, 0.3) is 22.5 Å².